The van der Waals surface area contributed by atoms with Crippen LogP contribution in [-0.4, -0.2) is 19.6 Å². The molecule has 0 aliphatic heterocycles. The number of carbonyl (C=O) groups excluding carboxylic acids is 1. The number of hydrogen-bond acceptors (Lipinski definition) is 3. The summed E-state index contributed by atoms with van der Waals surface area (Å²) in [5, 5.41) is 3.75. The number of nitrogens with one attached hydrogen (secondary N) is 1. The lowest BCUT2D eigenvalue weighted by molar-refractivity contribution is -0.140. The summed E-state index contributed by atoms with van der Waals surface area (Å²) >= 11 is 0. The van der Waals surface area contributed by atoms with Gasteiger partial charge in [-0.2, -0.15) is 0 Å². The quantitative estimate of drug-likeness (QED) is 0.365. The molecule has 0 saturated carbocycles. The normalized spacial score (nSPS) is 11.1. The minimum Gasteiger partial charge on any atom is -0.469 e. The third-order valence-corrected chi connectivity index (χ3v) is 4.80. The Morgan fingerprint density at radius 2 is 1.19 bits per heavy atom. The number of carbonyl (C=O) groups is 1. The summed E-state index contributed by atoms with van der Waals surface area (Å²) in [6, 6.07) is 31.3. The molecule has 3 aromatic carbocycles. The van der Waals surface area contributed by atoms with Gasteiger partial charge in [-0.25, -0.2) is 0 Å². The van der Waals surface area contributed by atoms with Gasteiger partial charge in [0.1, 0.15) is 0 Å². The van der Waals surface area contributed by atoms with E-state index in [1.165, 1.54) is 23.8 Å². The summed E-state index contributed by atoms with van der Waals surface area (Å²) in [5.41, 5.74) is 3.02. The summed E-state index contributed by atoms with van der Waals surface area (Å²) in [5.74, 6) is -0.179. The average Bonchev–Trinajstić information content (AvgIpc) is 2.75. The SMILES string of the molecule is COC(=O)CCCNC(c1ccccc1)(c1ccccc1)c1ccccc1. The van der Waals surface area contributed by atoms with Crippen molar-refractivity contribution in [2.24, 2.45) is 0 Å². The Labute approximate surface area is 161 Å². The maximum atomic E-state index is 11.5. The molecule has 0 aliphatic rings. The van der Waals surface area contributed by atoms with E-state index in [1.807, 2.05) is 18.2 Å². The molecule has 138 valence electrons. The van der Waals surface area contributed by atoms with Gasteiger partial charge in [0, 0.05) is 6.42 Å². The highest BCUT2D eigenvalue weighted by molar-refractivity contribution is 5.69. The van der Waals surface area contributed by atoms with Gasteiger partial charge in [0.05, 0.1) is 12.6 Å². The van der Waals surface area contributed by atoms with Crippen LogP contribution in [0.4, 0.5) is 0 Å². The Kier molecular flexibility index (Phi) is 6.39. The molecule has 3 rings (SSSR count). The number of ether oxygens (including phenoxy) is 1. The highest BCUT2D eigenvalue weighted by Gasteiger charge is 2.35. The molecule has 0 saturated heterocycles. The van der Waals surface area contributed by atoms with Crippen LogP contribution in [0.1, 0.15) is 29.5 Å². The van der Waals surface area contributed by atoms with Gasteiger partial charge in [0.25, 0.3) is 0 Å². The molecule has 0 amide bonds. The van der Waals surface area contributed by atoms with Crippen LogP contribution in [0.5, 0.6) is 0 Å². The molecule has 0 radical (unpaired) electrons. The molecule has 27 heavy (non-hydrogen) atoms. The van der Waals surface area contributed by atoms with E-state index in [2.05, 4.69) is 78.1 Å². The van der Waals surface area contributed by atoms with Gasteiger partial charge in [0.15, 0.2) is 0 Å². The van der Waals surface area contributed by atoms with Crippen molar-refractivity contribution >= 4 is 5.97 Å². The zero-order valence-corrected chi connectivity index (χ0v) is 15.6. The van der Waals surface area contributed by atoms with E-state index < -0.39 is 5.54 Å². The number of benzene rings is 3. The van der Waals surface area contributed by atoms with Crippen LogP contribution >= 0.6 is 0 Å². The molecular formula is C24H25NO2. The lowest BCUT2D eigenvalue weighted by Crippen LogP contribution is -2.45. The summed E-state index contributed by atoms with van der Waals surface area (Å²) < 4.78 is 4.77. The van der Waals surface area contributed by atoms with Crippen LogP contribution in [-0.2, 0) is 15.1 Å². The molecule has 0 unspecified atom stereocenters. The minimum absolute atomic E-state index is 0.179. The standard InChI is InChI=1S/C24H25NO2/c1-27-23(26)18-11-19-25-24(20-12-5-2-6-13-20,21-14-7-3-8-15-21)22-16-9-4-10-17-22/h2-10,12-17,25H,11,18-19H2,1H3. The van der Waals surface area contributed by atoms with Gasteiger partial charge in [-0.05, 0) is 29.7 Å². The fourth-order valence-corrected chi connectivity index (χ4v) is 3.48. The van der Waals surface area contributed by atoms with Gasteiger partial charge in [-0.15, -0.1) is 0 Å². The van der Waals surface area contributed by atoms with Crippen molar-refractivity contribution in [1.29, 1.82) is 0 Å². The van der Waals surface area contributed by atoms with E-state index in [4.69, 9.17) is 4.74 Å². The highest BCUT2D eigenvalue weighted by Crippen LogP contribution is 2.36. The molecular weight excluding hydrogens is 334 g/mol. The molecule has 0 fully saturated rings. The van der Waals surface area contributed by atoms with Crippen LogP contribution in [0.2, 0.25) is 0 Å². The van der Waals surface area contributed by atoms with E-state index in [0.717, 1.165) is 0 Å². The molecule has 3 aromatic rings. The number of methoxy groups -OCH3 is 1. The van der Waals surface area contributed by atoms with Crippen LogP contribution in [0, 0.1) is 0 Å². The highest BCUT2D eigenvalue weighted by atomic mass is 16.5. The molecule has 0 spiro atoms. The fraction of sp³-hybridized carbons (Fsp3) is 0.208. The number of hydrogen-bond donors (Lipinski definition) is 1. The van der Waals surface area contributed by atoms with Gasteiger partial charge >= 0.3 is 5.97 Å². The van der Waals surface area contributed by atoms with E-state index in [9.17, 15) is 4.79 Å². The topological polar surface area (TPSA) is 38.3 Å². The van der Waals surface area contributed by atoms with Crippen LogP contribution in [0.25, 0.3) is 0 Å². The number of esters is 1. The predicted molar refractivity (Wildman–Crippen MR) is 108 cm³/mol. The first-order valence-electron chi connectivity index (χ1n) is 9.26. The fourth-order valence-electron chi connectivity index (χ4n) is 3.48. The smallest absolute Gasteiger partial charge is 0.305 e. The Balaban J connectivity index is 2.04. The summed E-state index contributed by atoms with van der Waals surface area (Å²) in [7, 11) is 1.43. The third-order valence-electron chi connectivity index (χ3n) is 4.80. The van der Waals surface area contributed by atoms with Crippen molar-refractivity contribution < 1.29 is 9.53 Å². The minimum atomic E-state index is -0.486. The first-order valence-corrected chi connectivity index (χ1v) is 9.26. The van der Waals surface area contributed by atoms with Crippen molar-refractivity contribution in [3.05, 3.63) is 108 Å². The molecule has 3 nitrogen and oxygen atoms in total. The van der Waals surface area contributed by atoms with Gasteiger partial charge in [-0.3, -0.25) is 10.1 Å². The summed E-state index contributed by atoms with van der Waals surface area (Å²) in [6.45, 7) is 0.688. The second-order valence-corrected chi connectivity index (χ2v) is 6.45. The predicted octanol–water partition coefficient (Wildman–Crippen LogP) is 4.52. The maximum Gasteiger partial charge on any atom is 0.305 e. The third kappa shape index (κ3) is 4.26. The van der Waals surface area contributed by atoms with E-state index in [1.54, 1.807) is 0 Å². The molecule has 0 heterocycles. The van der Waals surface area contributed by atoms with E-state index in [-0.39, 0.29) is 5.97 Å². The molecule has 3 heteroatoms. The lowest BCUT2D eigenvalue weighted by Gasteiger charge is -2.37. The van der Waals surface area contributed by atoms with Crippen molar-refractivity contribution in [3.8, 4) is 0 Å². The molecule has 0 atom stereocenters. The zero-order chi connectivity index (χ0) is 19.0. The van der Waals surface area contributed by atoms with E-state index in [0.29, 0.717) is 19.4 Å². The molecule has 0 aromatic heterocycles. The molecule has 0 aliphatic carbocycles. The maximum absolute atomic E-state index is 11.5. The van der Waals surface area contributed by atoms with Gasteiger partial charge < -0.3 is 4.74 Å². The Hall–Kier alpha value is -2.91. The number of rotatable bonds is 8. The van der Waals surface area contributed by atoms with Crippen molar-refractivity contribution in [1.82, 2.24) is 5.32 Å². The zero-order valence-electron chi connectivity index (χ0n) is 15.6. The van der Waals surface area contributed by atoms with E-state index >= 15 is 0 Å². The largest absolute Gasteiger partial charge is 0.469 e. The second-order valence-electron chi connectivity index (χ2n) is 6.45. The molecule has 0 bridgehead atoms. The Morgan fingerprint density at radius 3 is 1.56 bits per heavy atom. The van der Waals surface area contributed by atoms with Crippen LogP contribution in [0.3, 0.4) is 0 Å². The summed E-state index contributed by atoms with van der Waals surface area (Å²) in [4.78, 5) is 11.5. The van der Waals surface area contributed by atoms with Crippen molar-refractivity contribution in [3.63, 3.8) is 0 Å². The van der Waals surface area contributed by atoms with Crippen molar-refractivity contribution in [2.45, 2.75) is 18.4 Å². The first kappa shape index (κ1) is 18.9. The lowest BCUT2D eigenvalue weighted by atomic mass is 9.77. The van der Waals surface area contributed by atoms with Gasteiger partial charge in [0.2, 0.25) is 0 Å². The summed E-state index contributed by atoms with van der Waals surface area (Å²) in [6.07, 6.45) is 1.11. The van der Waals surface area contributed by atoms with Crippen LogP contribution < -0.4 is 5.32 Å². The second kappa shape index (κ2) is 9.15. The van der Waals surface area contributed by atoms with Crippen LogP contribution in [0.15, 0.2) is 91.0 Å². The van der Waals surface area contributed by atoms with Gasteiger partial charge in [-0.1, -0.05) is 91.0 Å². The Morgan fingerprint density at radius 1 is 0.778 bits per heavy atom. The van der Waals surface area contributed by atoms with Crippen molar-refractivity contribution in [2.75, 3.05) is 13.7 Å². The Bertz CT molecular complexity index is 735. The molecule has 1 N–H and O–H groups in total. The first-order chi connectivity index (χ1) is 13.3. The average molecular weight is 359 g/mol. The monoisotopic (exact) mass is 359 g/mol.